The first-order chi connectivity index (χ1) is 10.1. The van der Waals surface area contributed by atoms with Crippen molar-refractivity contribution in [1.82, 2.24) is 10.2 Å². The van der Waals surface area contributed by atoms with Gasteiger partial charge in [-0.15, -0.1) is 0 Å². The van der Waals surface area contributed by atoms with Gasteiger partial charge in [-0.2, -0.15) is 0 Å². The van der Waals surface area contributed by atoms with Gasteiger partial charge in [0, 0.05) is 29.7 Å². The van der Waals surface area contributed by atoms with E-state index in [1.165, 1.54) is 18.9 Å². The summed E-state index contributed by atoms with van der Waals surface area (Å²) in [6.45, 7) is 4.27. The Morgan fingerprint density at radius 1 is 1.48 bits per heavy atom. The molecular weight excluding hydrogens is 291 g/mol. The number of carbonyl (C=O) groups excluding carboxylic acids is 1. The minimum absolute atomic E-state index is 0.0199. The molecule has 1 unspecified atom stereocenters. The first-order valence-corrected chi connectivity index (χ1v) is 7.93. The Bertz CT molecular complexity index is 469. The zero-order valence-corrected chi connectivity index (χ0v) is 13.1. The van der Waals surface area contributed by atoms with Crippen LogP contribution in [0, 0.1) is 5.82 Å². The van der Waals surface area contributed by atoms with E-state index >= 15 is 0 Å². The molecule has 1 heterocycles. The summed E-state index contributed by atoms with van der Waals surface area (Å²) in [6.07, 6.45) is 3.50. The zero-order valence-electron chi connectivity index (χ0n) is 12.4. The van der Waals surface area contributed by atoms with Gasteiger partial charge >= 0.3 is 0 Å². The molecule has 116 valence electrons. The fourth-order valence-corrected chi connectivity index (χ4v) is 2.95. The number of amides is 1. The van der Waals surface area contributed by atoms with Crippen molar-refractivity contribution < 1.29 is 9.18 Å². The van der Waals surface area contributed by atoms with E-state index in [0.717, 1.165) is 13.0 Å². The summed E-state index contributed by atoms with van der Waals surface area (Å²) < 4.78 is 13.8. The molecule has 1 saturated heterocycles. The molecule has 0 spiro atoms. The lowest BCUT2D eigenvalue weighted by Gasteiger charge is -2.30. The van der Waals surface area contributed by atoms with Crippen LogP contribution in [0.3, 0.4) is 0 Å². The van der Waals surface area contributed by atoms with E-state index in [-0.39, 0.29) is 12.3 Å². The molecule has 1 fully saturated rings. The van der Waals surface area contributed by atoms with E-state index in [1.807, 2.05) is 6.92 Å². The second kappa shape index (κ2) is 7.76. The van der Waals surface area contributed by atoms with Gasteiger partial charge in [-0.25, -0.2) is 4.39 Å². The number of rotatable bonds is 5. The van der Waals surface area contributed by atoms with Gasteiger partial charge in [0.15, 0.2) is 0 Å². The average Bonchev–Trinajstić information content (AvgIpc) is 2.49. The summed E-state index contributed by atoms with van der Waals surface area (Å²) in [5, 5.41) is 3.75. The topological polar surface area (TPSA) is 32.3 Å². The second-order valence-corrected chi connectivity index (χ2v) is 5.86. The Labute approximate surface area is 130 Å². The molecule has 1 aliphatic rings. The Kier molecular flexibility index (Phi) is 6.00. The average molecular weight is 313 g/mol. The number of likely N-dealkylation sites (N-methyl/N-ethyl adjacent to an activating group) is 1. The SMILES string of the molecule is CCN(CC1CCCCN1)C(=O)Cc1c(F)cccc1Cl. The molecule has 2 rings (SSSR count). The van der Waals surface area contributed by atoms with Gasteiger partial charge in [0.05, 0.1) is 6.42 Å². The molecule has 1 aromatic carbocycles. The number of piperidine rings is 1. The van der Waals surface area contributed by atoms with Crippen molar-refractivity contribution in [3.63, 3.8) is 0 Å². The predicted octanol–water partition coefficient (Wildman–Crippen LogP) is 3.01. The van der Waals surface area contributed by atoms with Gasteiger partial charge in [-0.1, -0.05) is 24.1 Å². The zero-order chi connectivity index (χ0) is 15.2. The molecule has 1 atom stereocenters. The lowest BCUT2D eigenvalue weighted by molar-refractivity contribution is -0.130. The lowest BCUT2D eigenvalue weighted by Crippen LogP contribution is -2.46. The highest BCUT2D eigenvalue weighted by atomic mass is 35.5. The van der Waals surface area contributed by atoms with Crippen molar-refractivity contribution in [3.05, 3.63) is 34.6 Å². The highest BCUT2D eigenvalue weighted by molar-refractivity contribution is 6.31. The molecule has 0 aromatic heterocycles. The van der Waals surface area contributed by atoms with Crippen LogP contribution in [0.1, 0.15) is 31.7 Å². The number of nitrogens with zero attached hydrogens (tertiary/aromatic N) is 1. The summed E-state index contributed by atoms with van der Waals surface area (Å²) in [4.78, 5) is 14.2. The molecule has 1 N–H and O–H groups in total. The summed E-state index contributed by atoms with van der Waals surface area (Å²) >= 11 is 5.99. The molecule has 5 heteroatoms. The third-order valence-corrected chi connectivity index (χ3v) is 4.33. The van der Waals surface area contributed by atoms with Crippen LogP contribution in [-0.4, -0.2) is 36.5 Å². The van der Waals surface area contributed by atoms with Crippen molar-refractivity contribution >= 4 is 17.5 Å². The maximum Gasteiger partial charge on any atom is 0.227 e. The standard InChI is InChI=1S/C16H22ClFN2O/c1-2-20(11-12-6-3-4-9-19-12)16(21)10-13-14(17)7-5-8-15(13)18/h5,7-8,12,19H,2-4,6,9-11H2,1H3. The van der Waals surface area contributed by atoms with E-state index in [0.29, 0.717) is 29.7 Å². The molecule has 1 aliphatic heterocycles. The Morgan fingerprint density at radius 2 is 2.29 bits per heavy atom. The quantitative estimate of drug-likeness (QED) is 0.906. The molecule has 21 heavy (non-hydrogen) atoms. The molecule has 1 amide bonds. The molecule has 3 nitrogen and oxygen atoms in total. The summed E-state index contributed by atoms with van der Waals surface area (Å²) in [7, 11) is 0. The van der Waals surface area contributed by atoms with Gasteiger partial charge in [-0.3, -0.25) is 4.79 Å². The van der Waals surface area contributed by atoms with E-state index in [2.05, 4.69) is 5.32 Å². The van der Waals surface area contributed by atoms with Crippen molar-refractivity contribution in [2.75, 3.05) is 19.6 Å². The normalized spacial score (nSPS) is 18.5. The first-order valence-electron chi connectivity index (χ1n) is 7.56. The van der Waals surface area contributed by atoms with Crippen molar-refractivity contribution in [2.24, 2.45) is 0 Å². The third-order valence-electron chi connectivity index (χ3n) is 3.98. The fraction of sp³-hybridized carbons (Fsp3) is 0.562. The van der Waals surface area contributed by atoms with Crippen LogP contribution >= 0.6 is 11.6 Å². The monoisotopic (exact) mass is 312 g/mol. The molecule has 0 radical (unpaired) electrons. The van der Waals surface area contributed by atoms with Gasteiger partial charge < -0.3 is 10.2 Å². The molecule has 0 bridgehead atoms. The Balaban J connectivity index is 1.99. The van der Waals surface area contributed by atoms with Crippen molar-refractivity contribution in [2.45, 2.75) is 38.6 Å². The van der Waals surface area contributed by atoms with E-state index < -0.39 is 5.82 Å². The van der Waals surface area contributed by atoms with Crippen LogP contribution in [0.5, 0.6) is 0 Å². The van der Waals surface area contributed by atoms with Gasteiger partial charge in [-0.05, 0) is 38.4 Å². The van der Waals surface area contributed by atoms with E-state index in [9.17, 15) is 9.18 Å². The summed E-state index contributed by atoms with van der Waals surface area (Å²) in [5.41, 5.74) is 0.291. The largest absolute Gasteiger partial charge is 0.341 e. The molecule has 0 aliphatic carbocycles. The van der Waals surface area contributed by atoms with Crippen LogP contribution in [0.15, 0.2) is 18.2 Å². The number of hydrogen-bond donors (Lipinski definition) is 1. The van der Waals surface area contributed by atoms with Crippen LogP contribution in [0.2, 0.25) is 5.02 Å². The Morgan fingerprint density at radius 3 is 2.90 bits per heavy atom. The summed E-state index contributed by atoms with van der Waals surface area (Å²) in [6, 6.07) is 4.85. The predicted molar refractivity (Wildman–Crippen MR) is 83.0 cm³/mol. The third kappa shape index (κ3) is 4.42. The van der Waals surface area contributed by atoms with Crippen LogP contribution < -0.4 is 5.32 Å². The van der Waals surface area contributed by atoms with Crippen LogP contribution in [0.25, 0.3) is 0 Å². The number of benzene rings is 1. The molecule has 0 saturated carbocycles. The molecule has 1 aromatic rings. The second-order valence-electron chi connectivity index (χ2n) is 5.46. The van der Waals surface area contributed by atoms with E-state index in [4.69, 9.17) is 11.6 Å². The number of hydrogen-bond acceptors (Lipinski definition) is 2. The van der Waals surface area contributed by atoms with Crippen molar-refractivity contribution in [1.29, 1.82) is 0 Å². The highest BCUT2D eigenvalue weighted by Crippen LogP contribution is 2.20. The minimum atomic E-state index is -0.414. The smallest absolute Gasteiger partial charge is 0.227 e. The van der Waals surface area contributed by atoms with Crippen LogP contribution in [-0.2, 0) is 11.2 Å². The fourth-order valence-electron chi connectivity index (χ4n) is 2.72. The maximum absolute atomic E-state index is 13.8. The van der Waals surface area contributed by atoms with Crippen molar-refractivity contribution in [3.8, 4) is 0 Å². The van der Waals surface area contributed by atoms with Gasteiger partial charge in [0.25, 0.3) is 0 Å². The first kappa shape index (κ1) is 16.2. The number of halogens is 2. The highest BCUT2D eigenvalue weighted by Gasteiger charge is 2.21. The molecular formula is C16H22ClFN2O. The van der Waals surface area contributed by atoms with Gasteiger partial charge in [0.2, 0.25) is 5.91 Å². The number of nitrogens with one attached hydrogen (secondary N) is 1. The van der Waals surface area contributed by atoms with Crippen LogP contribution in [0.4, 0.5) is 4.39 Å². The van der Waals surface area contributed by atoms with E-state index in [1.54, 1.807) is 17.0 Å². The summed E-state index contributed by atoms with van der Waals surface area (Å²) in [5.74, 6) is -0.487. The lowest BCUT2D eigenvalue weighted by atomic mass is 10.0. The van der Waals surface area contributed by atoms with Gasteiger partial charge in [0.1, 0.15) is 5.82 Å². The minimum Gasteiger partial charge on any atom is -0.341 e. The maximum atomic E-state index is 13.8. The Hall–Kier alpha value is -1.13. The number of carbonyl (C=O) groups is 1.